The summed E-state index contributed by atoms with van der Waals surface area (Å²) < 4.78 is 0. The second kappa shape index (κ2) is 4.77. The molecular weight excluding hydrogens is 196 g/mol. The smallest absolute Gasteiger partial charge is 0.307 e. The molecule has 1 rings (SSSR count). The van der Waals surface area contributed by atoms with Gasteiger partial charge in [-0.2, -0.15) is 0 Å². The minimum absolute atomic E-state index is 0.0278. The molecule has 0 aliphatic heterocycles. The van der Waals surface area contributed by atoms with Crippen LogP contribution in [0.3, 0.4) is 0 Å². The van der Waals surface area contributed by atoms with Crippen LogP contribution in [-0.4, -0.2) is 33.5 Å². The Morgan fingerprint density at radius 2 is 2.33 bits per heavy atom. The van der Waals surface area contributed by atoms with Crippen LogP contribution in [0.4, 0.5) is 0 Å². The van der Waals surface area contributed by atoms with Crippen LogP contribution >= 0.6 is 0 Å². The SMILES string of the molecule is CC(O)(CO)C1CC=C(CC(=O)O)CC1. The highest BCUT2D eigenvalue weighted by Crippen LogP contribution is 2.32. The lowest BCUT2D eigenvalue weighted by Crippen LogP contribution is -2.39. The van der Waals surface area contributed by atoms with Crippen LogP contribution in [0.25, 0.3) is 0 Å². The molecule has 1 aliphatic carbocycles. The van der Waals surface area contributed by atoms with Gasteiger partial charge in [0.25, 0.3) is 0 Å². The zero-order chi connectivity index (χ0) is 11.5. The molecule has 0 saturated heterocycles. The molecule has 0 radical (unpaired) electrons. The van der Waals surface area contributed by atoms with Crippen molar-refractivity contribution in [3.8, 4) is 0 Å². The minimum Gasteiger partial charge on any atom is -0.481 e. The van der Waals surface area contributed by atoms with Crippen molar-refractivity contribution in [3.63, 3.8) is 0 Å². The normalized spacial score (nSPS) is 25.5. The lowest BCUT2D eigenvalue weighted by molar-refractivity contribution is -0.136. The average Bonchev–Trinajstić information content (AvgIpc) is 2.18. The van der Waals surface area contributed by atoms with E-state index in [4.69, 9.17) is 10.2 Å². The maximum absolute atomic E-state index is 10.5. The fourth-order valence-corrected chi connectivity index (χ4v) is 1.94. The second-order valence-electron chi connectivity index (χ2n) is 4.42. The average molecular weight is 214 g/mol. The van der Waals surface area contributed by atoms with Crippen LogP contribution in [0.1, 0.15) is 32.6 Å². The number of aliphatic hydroxyl groups is 2. The molecule has 3 N–H and O–H groups in total. The van der Waals surface area contributed by atoms with Crippen molar-refractivity contribution in [1.29, 1.82) is 0 Å². The topological polar surface area (TPSA) is 77.8 Å². The van der Waals surface area contributed by atoms with Crippen molar-refractivity contribution in [2.45, 2.75) is 38.2 Å². The third-order valence-corrected chi connectivity index (χ3v) is 3.08. The van der Waals surface area contributed by atoms with Crippen molar-refractivity contribution < 1.29 is 20.1 Å². The number of hydrogen-bond acceptors (Lipinski definition) is 3. The maximum atomic E-state index is 10.5. The Balaban J connectivity index is 2.54. The molecule has 86 valence electrons. The summed E-state index contributed by atoms with van der Waals surface area (Å²) in [5, 5.41) is 27.4. The Labute approximate surface area is 89.2 Å². The zero-order valence-corrected chi connectivity index (χ0v) is 8.94. The van der Waals surface area contributed by atoms with Crippen molar-refractivity contribution in [1.82, 2.24) is 0 Å². The van der Waals surface area contributed by atoms with E-state index in [1.165, 1.54) is 0 Å². The number of allylic oxidation sites excluding steroid dienone is 1. The Morgan fingerprint density at radius 1 is 1.67 bits per heavy atom. The molecule has 2 atom stereocenters. The Kier molecular flexibility index (Phi) is 3.88. The first-order valence-electron chi connectivity index (χ1n) is 5.18. The molecule has 0 amide bonds. The number of carbonyl (C=O) groups is 1. The molecule has 0 aromatic heterocycles. The van der Waals surface area contributed by atoms with Crippen molar-refractivity contribution in [3.05, 3.63) is 11.6 Å². The third-order valence-electron chi connectivity index (χ3n) is 3.08. The van der Waals surface area contributed by atoms with Crippen molar-refractivity contribution in [2.24, 2.45) is 5.92 Å². The first kappa shape index (κ1) is 12.2. The molecule has 0 saturated carbocycles. The largest absolute Gasteiger partial charge is 0.481 e. The Bertz CT molecular complexity index is 268. The van der Waals surface area contributed by atoms with E-state index < -0.39 is 11.6 Å². The minimum atomic E-state index is -1.05. The van der Waals surface area contributed by atoms with E-state index in [-0.39, 0.29) is 18.9 Å². The highest BCUT2D eigenvalue weighted by atomic mass is 16.4. The van der Waals surface area contributed by atoms with Gasteiger partial charge in [-0.1, -0.05) is 11.6 Å². The summed E-state index contributed by atoms with van der Waals surface area (Å²) >= 11 is 0. The van der Waals surface area contributed by atoms with Crippen LogP contribution in [0.2, 0.25) is 0 Å². The summed E-state index contributed by atoms with van der Waals surface area (Å²) in [4.78, 5) is 10.5. The summed E-state index contributed by atoms with van der Waals surface area (Å²) in [6.45, 7) is 1.37. The van der Waals surface area contributed by atoms with E-state index in [1.807, 2.05) is 6.08 Å². The van der Waals surface area contributed by atoms with Gasteiger partial charge < -0.3 is 15.3 Å². The van der Waals surface area contributed by atoms with Crippen LogP contribution in [0, 0.1) is 5.92 Å². The van der Waals surface area contributed by atoms with Gasteiger partial charge in [0, 0.05) is 0 Å². The molecule has 0 bridgehead atoms. The van der Waals surface area contributed by atoms with Gasteiger partial charge in [0.2, 0.25) is 0 Å². The molecule has 1 aliphatic rings. The van der Waals surface area contributed by atoms with Crippen LogP contribution in [-0.2, 0) is 4.79 Å². The van der Waals surface area contributed by atoms with E-state index in [0.29, 0.717) is 12.8 Å². The van der Waals surface area contributed by atoms with Gasteiger partial charge in [0.1, 0.15) is 0 Å². The number of rotatable bonds is 4. The van der Waals surface area contributed by atoms with Gasteiger partial charge in [0.15, 0.2) is 0 Å². The third kappa shape index (κ3) is 3.32. The fourth-order valence-electron chi connectivity index (χ4n) is 1.94. The van der Waals surface area contributed by atoms with Crippen LogP contribution in [0.5, 0.6) is 0 Å². The van der Waals surface area contributed by atoms with Gasteiger partial charge in [-0.3, -0.25) is 4.79 Å². The predicted octanol–water partition coefficient (Wildman–Crippen LogP) is 0.931. The van der Waals surface area contributed by atoms with E-state index in [9.17, 15) is 9.90 Å². The predicted molar refractivity (Wildman–Crippen MR) is 55.4 cm³/mol. The summed E-state index contributed by atoms with van der Waals surface area (Å²) in [6.07, 6.45) is 4.07. The molecule has 2 unspecified atom stereocenters. The van der Waals surface area contributed by atoms with E-state index in [0.717, 1.165) is 12.0 Å². The second-order valence-corrected chi connectivity index (χ2v) is 4.42. The standard InChI is InChI=1S/C11H18O4/c1-11(15,7-12)9-4-2-8(3-5-9)6-10(13)14/h2,9,12,15H,3-7H2,1H3,(H,13,14). The molecule has 0 fully saturated rings. The van der Waals surface area contributed by atoms with E-state index in [2.05, 4.69) is 0 Å². The summed E-state index contributed by atoms with van der Waals surface area (Å²) in [5.41, 5.74) is -0.127. The molecule has 0 spiro atoms. The van der Waals surface area contributed by atoms with Gasteiger partial charge in [-0.05, 0) is 32.1 Å². The molecular formula is C11H18O4. The molecule has 0 aromatic rings. The van der Waals surface area contributed by atoms with E-state index >= 15 is 0 Å². The number of aliphatic hydroxyl groups excluding tert-OH is 1. The molecule has 4 heteroatoms. The molecule has 0 heterocycles. The summed E-state index contributed by atoms with van der Waals surface area (Å²) in [5.74, 6) is -0.784. The van der Waals surface area contributed by atoms with Gasteiger partial charge in [0.05, 0.1) is 18.6 Å². The zero-order valence-electron chi connectivity index (χ0n) is 8.94. The highest BCUT2D eigenvalue weighted by molar-refractivity contribution is 5.70. The van der Waals surface area contributed by atoms with Gasteiger partial charge >= 0.3 is 5.97 Å². The maximum Gasteiger partial charge on any atom is 0.307 e. The molecule has 4 nitrogen and oxygen atoms in total. The highest BCUT2D eigenvalue weighted by Gasteiger charge is 2.32. The fraction of sp³-hybridized carbons (Fsp3) is 0.727. The number of hydrogen-bond donors (Lipinski definition) is 3. The van der Waals surface area contributed by atoms with Crippen molar-refractivity contribution >= 4 is 5.97 Å². The van der Waals surface area contributed by atoms with Crippen molar-refractivity contribution in [2.75, 3.05) is 6.61 Å². The Hall–Kier alpha value is -0.870. The quantitative estimate of drug-likeness (QED) is 0.608. The number of carboxylic acids is 1. The Morgan fingerprint density at radius 3 is 2.73 bits per heavy atom. The molecule has 0 aromatic carbocycles. The summed E-state index contributed by atoms with van der Waals surface area (Å²) in [6, 6.07) is 0. The van der Waals surface area contributed by atoms with Crippen LogP contribution in [0.15, 0.2) is 11.6 Å². The first-order chi connectivity index (χ1) is 6.95. The van der Waals surface area contributed by atoms with Crippen LogP contribution < -0.4 is 0 Å². The van der Waals surface area contributed by atoms with E-state index in [1.54, 1.807) is 6.92 Å². The lowest BCUT2D eigenvalue weighted by atomic mass is 9.78. The van der Waals surface area contributed by atoms with Gasteiger partial charge in [-0.15, -0.1) is 0 Å². The first-order valence-corrected chi connectivity index (χ1v) is 5.18. The summed E-state index contributed by atoms with van der Waals surface area (Å²) in [7, 11) is 0. The van der Waals surface area contributed by atoms with Gasteiger partial charge in [-0.25, -0.2) is 0 Å². The number of aliphatic carboxylic acids is 1. The lowest BCUT2D eigenvalue weighted by Gasteiger charge is -2.33. The molecule has 15 heavy (non-hydrogen) atoms. The monoisotopic (exact) mass is 214 g/mol. The number of carboxylic acid groups (broad SMARTS) is 1.